The van der Waals surface area contributed by atoms with Gasteiger partial charge in [-0.3, -0.25) is 0 Å². The van der Waals surface area contributed by atoms with Crippen LogP contribution in [-0.2, 0) is 6.54 Å². The molecule has 0 amide bonds. The van der Waals surface area contributed by atoms with Crippen molar-refractivity contribution in [1.29, 1.82) is 5.26 Å². The Morgan fingerprint density at radius 2 is 1.54 bits per heavy atom. The fraction of sp³-hybridized carbons (Fsp3) is 0.409. The molecular weight excluding hydrogens is 322 g/mol. The second kappa shape index (κ2) is 8.84. The zero-order valence-corrected chi connectivity index (χ0v) is 15.8. The number of ether oxygens (including phenoxy) is 1. The number of nitriles is 1. The van der Waals surface area contributed by atoms with Crippen molar-refractivity contribution < 1.29 is 14.5 Å². The SMILES string of the molecule is Cc1cc(C)cc(OCC[NH+]2CC[NH+](Cc3ccc(C#N)cc3)CC2)c1. The number of hydrogen-bond acceptors (Lipinski definition) is 2. The highest BCUT2D eigenvalue weighted by molar-refractivity contribution is 5.33. The van der Waals surface area contributed by atoms with Crippen LogP contribution in [0.2, 0.25) is 0 Å². The Bertz CT molecular complexity index is 736. The first-order valence-corrected chi connectivity index (χ1v) is 9.49. The van der Waals surface area contributed by atoms with E-state index in [0.717, 1.165) is 31.0 Å². The van der Waals surface area contributed by atoms with Gasteiger partial charge in [-0.05, 0) is 49.2 Å². The van der Waals surface area contributed by atoms with E-state index in [4.69, 9.17) is 10.00 Å². The van der Waals surface area contributed by atoms with E-state index in [9.17, 15) is 0 Å². The first-order valence-electron chi connectivity index (χ1n) is 9.49. The van der Waals surface area contributed by atoms with Gasteiger partial charge in [-0.1, -0.05) is 18.2 Å². The number of nitrogens with zero attached hydrogens (tertiary/aromatic N) is 1. The van der Waals surface area contributed by atoms with Gasteiger partial charge in [0.05, 0.1) is 11.6 Å². The average Bonchev–Trinajstić information content (AvgIpc) is 2.63. The molecule has 0 saturated carbocycles. The molecule has 0 spiro atoms. The molecule has 4 heteroatoms. The van der Waals surface area contributed by atoms with Crippen molar-refractivity contribution in [1.82, 2.24) is 0 Å². The molecule has 1 saturated heterocycles. The van der Waals surface area contributed by atoms with Crippen molar-refractivity contribution in [3.05, 3.63) is 64.7 Å². The lowest BCUT2D eigenvalue weighted by Gasteiger charge is -2.29. The molecule has 26 heavy (non-hydrogen) atoms. The van der Waals surface area contributed by atoms with Crippen molar-refractivity contribution in [2.75, 3.05) is 39.3 Å². The predicted molar refractivity (Wildman–Crippen MR) is 103 cm³/mol. The molecule has 1 aliphatic rings. The summed E-state index contributed by atoms with van der Waals surface area (Å²) in [5.41, 5.74) is 4.57. The smallest absolute Gasteiger partial charge is 0.137 e. The maximum atomic E-state index is 8.88. The van der Waals surface area contributed by atoms with Gasteiger partial charge < -0.3 is 14.5 Å². The molecule has 0 aliphatic carbocycles. The van der Waals surface area contributed by atoms with E-state index in [1.807, 2.05) is 12.1 Å². The van der Waals surface area contributed by atoms with Gasteiger partial charge in [0.15, 0.2) is 0 Å². The third kappa shape index (κ3) is 5.32. The van der Waals surface area contributed by atoms with Gasteiger partial charge in [-0.15, -0.1) is 0 Å². The van der Waals surface area contributed by atoms with Gasteiger partial charge in [-0.25, -0.2) is 0 Å². The summed E-state index contributed by atoms with van der Waals surface area (Å²) in [7, 11) is 0. The van der Waals surface area contributed by atoms with Gasteiger partial charge in [-0.2, -0.15) is 5.26 Å². The lowest BCUT2D eigenvalue weighted by Crippen LogP contribution is -3.27. The minimum atomic E-state index is 0.738. The molecule has 2 aromatic carbocycles. The summed E-state index contributed by atoms with van der Waals surface area (Å²) < 4.78 is 5.96. The normalized spacial score (nSPS) is 19.7. The third-order valence-corrected chi connectivity index (χ3v) is 5.12. The van der Waals surface area contributed by atoms with Gasteiger partial charge >= 0.3 is 0 Å². The highest BCUT2D eigenvalue weighted by atomic mass is 16.5. The Kier molecular flexibility index (Phi) is 6.27. The summed E-state index contributed by atoms with van der Waals surface area (Å²) in [4.78, 5) is 3.27. The van der Waals surface area contributed by atoms with Crippen LogP contribution in [0.5, 0.6) is 5.75 Å². The Morgan fingerprint density at radius 3 is 2.15 bits per heavy atom. The number of aryl methyl sites for hydroxylation is 2. The maximum Gasteiger partial charge on any atom is 0.137 e. The van der Waals surface area contributed by atoms with Crippen LogP contribution in [0.15, 0.2) is 42.5 Å². The number of quaternary nitrogens is 2. The summed E-state index contributed by atoms with van der Waals surface area (Å²) in [6.45, 7) is 11.9. The molecule has 0 radical (unpaired) electrons. The van der Waals surface area contributed by atoms with Crippen molar-refractivity contribution in [2.45, 2.75) is 20.4 Å². The molecule has 3 rings (SSSR count). The summed E-state index contributed by atoms with van der Waals surface area (Å²) in [5, 5.41) is 8.88. The Labute approximate surface area is 156 Å². The monoisotopic (exact) mass is 351 g/mol. The van der Waals surface area contributed by atoms with E-state index < -0.39 is 0 Å². The van der Waals surface area contributed by atoms with Gasteiger partial charge in [0, 0.05) is 5.56 Å². The predicted octanol–water partition coefficient (Wildman–Crippen LogP) is 0.538. The molecule has 1 heterocycles. The third-order valence-electron chi connectivity index (χ3n) is 5.12. The highest BCUT2D eigenvalue weighted by Gasteiger charge is 2.22. The zero-order chi connectivity index (χ0) is 18.4. The van der Waals surface area contributed by atoms with Gasteiger partial charge in [0.25, 0.3) is 0 Å². The number of benzene rings is 2. The van der Waals surface area contributed by atoms with Crippen LogP contribution in [0.1, 0.15) is 22.3 Å². The largest absolute Gasteiger partial charge is 0.488 e. The van der Waals surface area contributed by atoms with Crippen LogP contribution < -0.4 is 14.5 Å². The lowest BCUT2D eigenvalue weighted by molar-refractivity contribution is -1.02. The van der Waals surface area contributed by atoms with E-state index in [1.165, 1.54) is 42.9 Å². The fourth-order valence-corrected chi connectivity index (χ4v) is 3.70. The molecule has 4 nitrogen and oxygen atoms in total. The fourth-order valence-electron chi connectivity index (χ4n) is 3.70. The van der Waals surface area contributed by atoms with Crippen LogP contribution in [0.25, 0.3) is 0 Å². The van der Waals surface area contributed by atoms with Crippen LogP contribution in [0.4, 0.5) is 0 Å². The second-order valence-corrected chi connectivity index (χ2v) is 7.41. The summed E-state index contributed by atoms with van der Waals surface area (Å²) in [6.07, 6.45) is 0. The minimum Gasteiger partial charge on any atom is -0.488 e. The quantitative estimate of drug-likeness (QED) is 0.798. The minimum absolute atomic E-state index is 0.738. The molecule has 1 aliphatic heterocycles. The molecule has 0 aromatic heterocycles. The molecule has 0 atom stereocenters. The first-order chi connectivity index (χ1) is 12.6. The van der Waals surface area contributed by atoms with Gasteiger partial charge in [0.2, 0.25) is 0 Å². The molecule has 2 aromatic rings. The molecule has 136 valence electrons. The summed E-state index contributed by atoms with van der Waals surface area (Å²) in [6, 6.07) is 16.6. The van der Waals surface area contributed by atoms with Crippen molar-refractivity contribution >= 4 is 0 Å². The second-order valence-electron chi connectivity index (χ2n) is 7.41. The highest BCUT2D eigenvalue weighted by Crippen LogP contribution is 2.15. The first kappa shape index (κ1) is 18.4. The van der Waals surface area contributed by atoms with Gasteiger partial charge in [0.1, 0.15) is 51.6 Å². The van der Waals surface area contributed by atoms with Crippen molar-refractivity contribution in [3.63, 3.8) is 0 Å². The lowest BCUT2D eigenvalue weighted by atomic mass is 10.1. The topological polar surface area (TPSA) is 41.9 Å². The van der Waals surface area contributed by atoms with Crippen LogP contribution in [-0.4, -0.2) is 39.3 Å². The molecule has 1 fully saturated rings. The van der Waals surface area contributed by atoms with Crippen LogP contribution in [0.3, 0.4) is 0 Å². The van der Waals surface area contributed by atoms with Crippen molar-refractivity contribution in [2.24, 2.45) is 0 Å². The summed E-state index contributed by atoms with van der Waals surface area (Å²) in [5.74, 6) is 0.993. The van der Waals surface area contributed by atoms with Crippen LogP contribution in [0, 0.1) is 25.2 Å². The number of nitrogens with one attached hydrogen (secondary N) is 2. The molecular formula is C22H29N3O+2. The standard InChI is InChI=1S/C22H27N3O/c1-18-13-19(2)15-22(14-18)26-12-11-24-7-9-25(10-8-24)17-21-5-3-20(16-23)4-6-21/h3-6,13-15H,7-12,17H2,1-2H3/p+2. The number of hydrogen-bond donors (Lipinski definition) is 2. The van der Waals surface area contributed by atoms with E-state index in [1.54, 1.807) is 9.80 Å². The zero-order valence-electron chi connectivity index (χ0n) is 15.8. The Morgan fingerprint density at radius 1 is 0.923 bits per heavy atom. The number of rotatable bonds is 6. The Balaban J connectivity index is 1.38. The van der Waals surface area contributed by atoms with E-state index in [-0.39, 0.29) is 0 Å². The van der Waals surface area contributed by atoms with Crippen LogP contribution >= 0.6 is 0 Å². The van der Waals surface area contributed by atoms with E-state index in [2.05, 4.69) is 50.2 Å². The Hall–Kier alpha value is -2.35. The molecule has 0 unspecified atom stereocenters. The summed E-state index contributed by atoms with van der Waals surface area (Å²) >= 11 is 0. The molecule has 2 N–H and O–H groups in total. The van der Waals surface area contributed by atoms with E-state index in [0.29, 0.717) is 0 Å². The average molecular weight is 351 g/mol. The molecule has 0 bridgehead atoms. The maximum absolute atomic E-state index is 8.88. The number of piperazine rings is 1. The van der Waals surface area contributed by atoms with Crippen molar-refractivity contribution in [3.8, 4) is 11.8 Å². The van der Waals surface area contributed by atoms with E-state index >= 15 is 0 Å².